The Morgan fingerprint density at radius 1 is 1.14 bits per heavy atom. The Labute approximate surface area is 132 Å². The Morgan fingerprint density at radius 2 is 1.76 bits per heavy atom. The quantitative estimate of drug-likeness (QED) is 0.809. The molecule has 2 rings (SSSR count). The van der Waals surface area contributed by atoms with Gasteiger partial charge in [-0.05, 0) is 29.8 Å². The van der Waals surface area contributed by atoms with E-state index in [0.29, 0.717) is 18.0 Å². The molecule has 21 heavy (non-hydrogen) atoms. The molecule has 0 aromatic heterocycles. The monoisotopic (exact) mass is 322 g/mol. The van der Waals surface area contributed by atoms with Crippen LogP contribution in [0.1, 0.15) is 5.56 Å². The number of benzene rings is 2. The number of aromatic hydroxyl groups is 1. The first-order chi connectivity index (χ1) is 10.1. The first-order valence-corrected chi connectivity index (χ1v) is 6.86. The molecule has 0 fully saturated rings. The van der Waals surface area contributed by atoms with E-state index in [-0.39, 0.29) is 22.4 Å². The van der Waals surface area contributed by atoms with Crippen LogP contribution in [-0.2, 0) is 6.54 Å². The molecule has 0 amide bonds. The number of nitrogens with one attached hydrogen (secondary N) is 1. The van der Waals surface area contributed by atoms with E-state index in [2.05, 4.69) is 5.32 Å². The first-order valence-electron chi connectivity index (χ1n) is 6.10. The van der Waals surface area contributed by atoms with E-state index in [1.807, 2.05) is 18.2 Å². The van der Waals surface area contributed by atoms with Crippen LogP contribution < -0.4 is 10.1 Å². The number of phenols is 1. The molecule has 0 saturated carbocycles. The number of ether oxygens (including phenoxy) is 1. The lowest BCUT2D eigenvalue weighted by molar-refractivity contribution is 0.368. The summed E-state index contributed by atoms with van der Waals surface area (Å²) in [6.45, 7) is 0.595. The third-order valence-electron chi connectivity index (χ3n) is 2.74. The average molecular weight is 323 g/mol. The maximum atomic E-state index is 9.49. The predicted molar refractivity (Wildman–Crippen MR) is 83.0 cm³/mol. The fourth-order valence-electron chi connectivity index (χ4n) is 1.69. The van der Waals surface area contributed by atoms with E-state index in [1.165, 1.54) is 0 Å². The summed E-state index contributed by atoms with van der Waals surface area (Å²) in [5.74, 6) is 0.527. The van der Waals surface area contributed by atoms with Crippen LogP contribution >= 0.6 is 23.2 Å². The van der Waals surface area contributed by atoms with Gasteiger partial charge in [-0.3, -0.25) is 0 Å². The van der Waals surface area contributed by atoms with E-state index in [4.69, 9.17) is 33.2 Å². The molecule has 4 nitrogen and oxygen atoms in total. The van der Waals surface area contributed by atoms with Gasteiger partial charge in [0, 0.05) is 12.2 Å². The molecule has 0 spiro atoms. The Kier molecular flexibility index (Phi) is 5.15. The summed E-state index contributed by atoms with van der Waals surface area (Å²) in [5.41, 5.74) is 1.74. The summed E-state index contributed by atoms with van der Waals surface area (Å²) in [4.78, 5) is 0. The van der Waals surface area contributed by atoms with Crippen molar-refractivity contribution < 1.29 is 9.84 Å². The minimum Gasteiger partial charge on any atom is -0.505 e. The van der Waals surface area contributed by atoms with Crippen molar-refractivity contribution in [2.24, 2.45) is 0 Å². The van der Waals surface area contributed by atoms with Gasteiger partial charge < -0.3 is 15.2 Å². The summed E-state index contributed by atoms with van der Waals surface area (Å²) in [6.07, 6.45) is 0. The number of hydrogen-bond donors (Lipinski definition) is 2. The van der Waals surface area contributed by atoms with Gasteiger partial charge in [-0.25, -0.2) is 0 Å². The average Bonchev–Trinajstić information content (AvgIpc) is 2.49. The Balaban J connectivity index is 1.98. The van der Waals surface area contributed by atoms with Gasteiger partial charge in [0.05, 0.1) is 10.0 Å². The van der Waals surface area contributed by atoms with E-state index < -0.39 is 0 Å². The van der Waals surface area contributed by atoms with E-state index >= 15 is 0 Å². The first kappa shape index (κ1) is 15.3. The topological polar surface area (TPSA) is 65.3 Å². The molecule has 6 heteroatoms. The molecule has 2 N–H and O–H groups in total. The number of rotatable bonds is 5. The molecule has 0 atom stereocenters. The van der Waals surface area contributed by atoms with Crippen LogP contribution in [0.5, 0.6) is 11.5 Å². The summed E-state index contributed by atoms with van der Waals surface area (Å²) in [6, 6.07) is 12.5. The van der Waals surface area contributed by atoms with Crippen molar-refractivity contribution in [3.05, 3.63) is 52.0 Å². The van der Waals surface area contributed by atoms with E-state index in [0.717, 1.165) is 5.56 Å². The number of phenolic OH excluding ortho intramolecular Hbond substituents is 1. The number of anilines is 1. The molecule has 108 valence electrons. The minimum atomic E-state index is -0.122. The van der Waals surface area contributed by atoms with Crippen LogP contribution in [0, 0.1) is 11.3 Å². The number of nitriles is 1. The smallest absolute Gasteiger partial charge is 0.174 e. The molecule has 0 bridgehead atoms. The maximum Gasteiger partial charge on any atom is 0.174 e. The zero-order chi connectivity index (χ0) is 15.2. The maximum absolute atomic E-state index is 9.49. The van der Waals surface area contributed by atoms with Crippen molar-refractivity contribution in [2.75, 3.05) is 11.9 Å². The van der Waals surface area contributed by atoms with Crippen molar-refractivity contribution in [1.82, 2.24) is 0 Å². The van der Waals surface area contributed by atoms with Crippen LogP contribution in [0.15, 0.2) is 36.4 Å². The lowest BCUT2D eigenvalue weighted by atomic mass is 10.2. The van der Waals surface area contributed by atoms with Gasteiger partial charge >= 0.3 is 0 Å². The Hall–Kier alpha value is -2.09. The number of halogens is 2. The van der Waals surface area contributed by atoms with Crippen LogP contribution in [-0.4, -0.2) is 11.7 Å². The molecule has 0 aliphatic heterocycles. The third kappa shape index (κ3) is 4.19. The molecule has 2 aromatic rings. The van der Waals surface area contributed by atoms with Gasteiger partial charge in [-0.1, -0.05) is 35.3 Å². The molecular formula is C15H12Cl2N2O2. The summed E-state index contributed by atoms with van der Waals surface area (Å²) < 4.78 is 5.17. The highest BCUT2D eigenvalue weighted by Gasteiger charge is 2.06. The van der Waals surface area contributed by atoms with Crippen LogP contribution in [0.2, 0.25) is 10.0 Å². The van der Waals surface area contributed by atoms with Crippen LogP contribution in [0.3, 0.4) is 0 Å². The highest BCUT2D eigenvalue weighted by atomic mass is 35.5. The molecule has 0 saturated heterocycles. The highest BCUT2D eigenvalue weighted by molar-refractivity contribution is 6.37. The zero-order valence-corrected chi connectivity index (χ0v) is 12.4. The second-order valence-corrected chi connectivity index (χ2v) is 5.05. The van der Waals surface area contributed by atoms with Crippen LogP contribution in [0.25, 0.3) is 0 Å². The summed E-state index contributed by atoms with van der Waals surface area (Å²) in [7, 11) is 0. The molecule has 0 aliphatic rings. The molecule has 0 unspecified atom stereocenters. The highest BCUT2D eigenvalue weighted by Crippen LogP contribution is 2.34. The van der Waals surface area contributed by atoms with Gasteiger partial charge in [-0.2, -0.15) is 5.26 Å². The fourth-order valence-corrected chi connectivity index (χ4v) is 2.18. The number of nitrogens with zero attached hydrogens (tertiary/aromatic N) is 1. The Morgan fingerprint density at radius 3 is 2.33 bits per heavy atom. The van der Waals surface area contributed by atoms with Gasteiger partial charge in [0.15, 0.2) is 12.4 Å². The minimum absolute atomic E-state index is 0.0299. The van der Waals surface area contributed by atoms with Crippen molar-refractivity contribution in [2.45, 2.75) is 6.54 Å². The fraction of sp³-hybridized carbons (Fsp3) is 0.133. The standard InChI is InChI=1S/C15H12Cl2N2O2/c16-13-7-11(8-14(17)15(13)20)19-9-10-1-3-12(4-2-10)21-6-5-18/h1-4,7-8,19-20H,6,9H2. The van der Waals surface area contributed by atoms with Crippen molar-refractivity contribution in [3.8, 4) is 17.6 Å². The second-order valence-electron chi connectivity index (χ2n) is 4.23. The third-order valence-corrected chi connectivity index (χ3v) is 3.32. The van der Waals surface area contributed by atoms with Crippen molar-refractivity contribution in [1.29, 1.82) is 5.26 Å². The molecule has 0 heterocycles. The second kappa shape index (κ2) is 7.07. The lowest BCUT2D eigenvalue weighted by Crippen LogP contribution is -2.00. The zero-order valence-electron chi connectivity index (χ0n) is 10.9. The predicted octanol–water partition coefficient (Wildman–Crippen LogP) is 4.21. The molecular weight excluding hydrogens is 311 g/mol. The summed E-state index contributed by atoms with van der Waals surface area (Å²) in [5, 5.41) is 21.5. The Bertz CT molecular complexity index is 643. The van der Waals surface area contributed by atoms with Gasteiger partial charge in [0.25, 0.3) is 0 Å². The SMILES string of the molecule is N#CCOc1ccc(CNc2cc(Cl)c(O)c(Cl)c2)cc1. The van der Waals surface area contributed by atoms with Crippen molar-refractivity contribution in [3.63, 3.8) is 0 Å². The summed E-state index contributed by atoms with van der Waals surface area (Å²) >= 11 is 11.7. The van der Waals surface area contributed by atoms with Gasteiger partial charge in [0.2, 0.25) is 0 Å². The largest absolute Gasteiger partial charge is 0.505 e. The molecule has 0 radical (unpaired) electrons. The lowest BCUT2D eigenvalue weighted by Gasteiger charge is -2.09. The van der Waals surface area contributed by atoms with Gasteiger partial charge in [0.1, 0.15) is 11.8 Å². The molecule has 2 aromatic carbocycles. The molecule has 0 aliphatic carbocycles. The van der Waals surface area contributed by atoms with Crippen molar-refractivity contribution >= 4 is 28.9 Å². The van der Waals surface area contributed by atoms with E-state index in [1.54, 1.807) is 24.3 Å². The normalized spacial score (nSPS) is 9.95. The number of hydrogen-bond acceptors (Lipinski definition) is 4. The van der Waals surface area contributed by atoms with E-state index in [9.17, 15) is 5.11 Å². The van der Waals surface area contributed by atoms with Crippen LogP contribution in [0.4, 0.5) is 5.69 Å². The van der Waals surface area contributed by atoms with Gasteiger partial charge in [-0.15, -0.1) is 0 Å².